The Labute approximate surface area is 314 Å². The highest BCUT2D eigenvalue weighted by Gasteiger charge is 2.20. The molecule has 0 bridgehead atoms. The molecular formula is C48H61NO3. The maximum Gasteiger partial charge on any atom is 0.128 e. The molecule has 5 rings (SSSR count). The Morgan fingerprint density at radius 1 is 0.577 bits per heavy atom. The van der Waals surface area contributed by atoms with Crippen LogP contribution in [0.2, 0.25) is 0 Å². The van der Waals surface area contributed by atoms with Crippen LogP contribution in [0.5, 0.6) is 23.0 Å². The first-order valence-electron chi connectivity index (χ1n) is 20.0. The van der Waals surface area contributed by atoms with Gasteiger partial charge in [0, 0.05) is 11.3 Å². The van der Waals surface area contributed by atoms with Gasteiger partial charge in [0.1, 0.15) is 23.0 Å². The van der Waals surface area contributed by atoms with E-state index in [1.165, 1.54) is 44.1 Å². The van der Waals surface area contributed by atoms with Crippen LogP contribution in [0.25, 0.3) is 28.0 Å². The van der Waals surface area contributed by atoms with Gasteiger partial charge < -0.3 is 19.9 Å². The third kappa shape index (κ3) is 10.6. The van der Waals surface area contributed by atoms with Crippen LogP contribution in [-0.4, -0.2) is 12.2 Å². The Bertz CT molecular complexity index is 1670. The smallest absolute Gasteiger partial charge is 0.128 e. The van der Waals surface area contributed by atoms with Gasteiger partial charge in [-0.25, -0.2) is 0 Å². The lowest BCUT2D eigenvalue weighted by molar-refractivity contribution is 0.182. The van der Waals surface area contributed by atoms with E-state index in [-0.39, 0.29) is 12.2 Å². The summed E-state index contributed by atoms with van der Waals surface area (Å²) in [5.41, 5.74) is 14.0. The lowest BCUT2D eigenvalue weighted by Crippen LogP contribution is -2.15. The molecule has 4 nitrogen and oxygen atoms in total. The van der Waals surface area contributed by atoms with Crippen molar-refractivity contribution < 1.29 is 14.2 Å². The zero-order chi connectivity index (χ0) is 36.9. The third-order valence-electron chi connectivity index (χ3n) is 10.6. The molecule has 1 aliphatic rings. The quantitative estimate of drug-likeness (QED) is 0.105. The minimum absolute atomic E-state index is 0.244. The molecule has 4 aromatic carbocycles. The van der Waals surface area contributed by atoms with Gasteiger partial charge in [-0.3, -0.25) is 0 Å². The number of nitrogens with two attached hydrogens (primary N) is 1. The van der Waals surface area contributed by atoms with Gasteiger partial charge in [-0.2, -0.15) is 0 Å². The monoisotopic (exact) mass is 699 g/mol. The zero-order valence-electron chi connectivity index (χ0n) is 32.5. The number of rotatable bonds is 18. The van der Waals surface area contributed by atoms with Crippen molar-refractivity contribution in [2.45, 2.75) is 124 Å². The normalized spacial score (nSPS) is 18.2. The standard InChI is InChI=1S/C48H61NO3/c1-7-11-13-17-40(9-3)50-42-24-20-36(21-25-42)38-30-39(37-22-26-43(27-23-37)51-41(10-4)18-14-12-8-2)32-45(31-38)52-44-28-29-46-35(6)34(5)16-15-19-48(49)47(46)33-44/h15-16,19-35,40-41H,7-14,17-18,49H2,1-6H3/b16-15-,48-19-. The van der Waals surface area contributed by atoms with Crippen LogP contribution in [-0.2, 0) is 0 Å². The lowest BCUT2D eigenvalue weighted by atomic mass is 9.83. The zero-order valence-corrected chi connectivity index (χ0v) is 32.5. The van der Waals surface area contributed by atoms with E-state index in [0.29, 0.717) is 11.8 Å². The molecule has 4 atom stereocenters. The summed E-state index contributed by atoms with van der Waals surface area (Å²) in [6.45, 7) is 13.4. The fourth-order valence-electron chi connectivity index (χ4n) is 7.02. The topological polar surface area (TPSA) is 53.7 Å². The van der Waals surface area contributed by atoms with Gasteiger partial charge in [-0.05, 0) is 139 Å². The minimum atomic E-state index is 0.244. The van der Waals surface area contributed by atoms with Gasteiger partial charge in [-0.15, -0.1) is 0 Å². The minimum Gasteiger partial charge on any atom is -0.490 e. The van der Waals surface area contributed by atoms with Crippen LogP contribution in [0.3, 0.4) is 0 Å². The van der Waals surface area contributed by atoms with Crippen molar-refractivity contribution in [2.24, 2.45) is 11.7 Å². The highest BCUT2D eigenvalue weighted by Crippen LogP contribution is 2.38. The van der Waals surface area contributed by atoms with Crippen LogP contribution in [0.4, 0.5) is 0 Å². The van der Waals surface area contributed by atoms with Crippen molar-refractivity contribution in [1.29, 1.82) is 0 Å². The molecule has 0 radical (unpaired) electrons. The molecule has 0 spiro atoms. The molecule has 52 heavy (non-hydrogen) atoms. The summed E-state index contributed by atoms with van der Waals surface area (Å²) in [6.07, 6.45) is 18.3. The molecule has 4 heteroatoms. The lowest BCUT2D eigenvalue weighted by Gasteiger charge is -2.23. The molecule has 0 fully saturated rings. The Morgan fingerprint density at radius 3 is 1.60 bits per heavy atom. The number of unbranched alkanes of at least 4 members (excludes halogenated alkanes) is 4. The van der Waals surface area contributed by atoms with Crippen molar-refractivity contribution >= 4 is 5.70 Å². The van der Waals surface area contributed by atoms with E-state index in [9.17, 15) is 0 Å². The first-order valence-corrected chi connectivity index (χ1v) is 20.0. The fraction of sp³-hybridized carbons (Fsp3) is 0.417. The van der Waals surface area contributed by atoms with E-state index in [1.807, 2.05) is 6.08 Å². The summed E-state index contributed by atoms with van der Waals surface area (Å²) >= 11 is 0. The van der Waals surface area contributed by atoms with E-state index in [4.69, 9.17) is 19.9 Å². The molecule has 0 aromatic heterocycles. The van der Waals surface area contributed by atoms with Crippen LogP contribution >= 0.6 is 0 Å². The first kappa shape index (κ1) is 38.8. The van der Waals surface area contributed by atoms with Crippen molar-refractivity contribution in [3.63, 3.8) is 0 Å². The Morgan fingerprint density at radius 2 is 1.10 bits per heavy atom. The Kier molecular flexibility index (Phi) is 14.5. The van der Waals surface area contributed by atoms with Gasteiger partial charge in [0.25, 0.3) is 0 Å². The predicted octanol–water partition coefficient (Wildman–Crippen LogP) is 13.9. The average Bonchev–Trinajstić information content (AvgIpc) is 3.17. The molecule has 0 heterocycles. The number of ether oxygens (including phenoxy) is 3. The second-order valence-corrected chi connectivity index (χ2v) is 14.6. The van der Waals surface area contributed by atoms with Crippen molar-refractivity contribution in [3.8, 4) is 45.3 Å². The molecule has 276 valence electrons. The predicted molar refractivity (Wildman–Crippen MR) is 220 cm³/mol. The summed E-state index contributed by atoms with van der Waals surface area (Å²) in [6, 6.07) is 29.9. The second kappa shape index (κ2) is 19.4. The molecule has 4 aromatic rings. The van der Waals surface area contributed by atoms with Crippen LogP contribution in [0.1, 0.15) is 123 Å². The Hall–Kier alpha value is -4.44. The molecule has 0 aliphatic heterocycles. The summed E-state index contributed by atoms with van der Waals surface area (Å²) in [5.74, 6) is 4.12. The highest BCUT2D eigenvalue weighted by molar-refractivity contribution is 5.76. The van der Waals surface area contributed by atoms with Gasteiger partial charge in [0.05, 0.1) is 12.2 Å². The highest BCUT2D eigenvalue weighted by atomic mass is 16.5. The van der Waals surface area contributed by atoms with Crippen LogP contribution in [0, 0.1) is 5.92 Å². The SMILES string of the molecule is CCCCCC(CC)Oc1ccc(-c2cc(Oc3ccc4c(c3)/C(N)=C/C=C\C(C)C4C)cc(-c3ccc(OC(CC)CCCCC)cc3)c2)cc1. The van der Waals surface area contributed by atoms with E-state index in [0.717, 1.165) is 82.2 Å². The van der Waals surface area contributed by atoms with E-state index < -0.39 is 0 Å². The van der Waals surface area contributed by atoms with Crippen molar-refractivity contribution in [2.75, 3.05) is 0 Å². The Balaban J connectivity index is 1.45. The first-order chi connectivity index (χ1) is 25.3. The van der Waals surface area contributed by atoms with Gasteiger partial charge in [-0.1, -0.05) is 110 Å². The fourth-order valence-corrected chi connectivity index (χ4v) is 7.02. The second-order valence-electron chi connectivity index (χ2n) is 14.6. The third-order valence-corrected chi connectivity index (χ3v) is 10.6. The number of fused-ring (bicyclic) bond motifs is 1. The molecule has 0 saturated carbocycles. The number of hydrogen-bond donors (Lipinski definition) is 1. The van der Waals surface area contributed by atoms with E-state index in [1.54, 1.807) is 0 Å². The number of allylic oxidation sites excluding steroid dienone is 3. The van der Waals surface area contributed by atoms with Crippen molar-refractivity contribution in [3.05, 3.63) is 114 Å². The van der Waals surface area contributed by atoms with Crippen LogP contribution in [0.15, 0.2) is 103 Å². The molecule has 0 saturated heterocycles. The number of benzene rings is 4. The van der Waals surface area contributed by atoms with Crippen molar-refractivity contribution in [1.82, 2.24) is 0 Å². The van der Waals surface area contributed by atoms with E-state index in [2.05, 4.69) is 139 Å². The largest absolute Gasteiger partial charge is 0.490 e. The molecule has 4 unspecified atom stereocenters. The van der Waals surface area contributed by atoms with Gasteiger partial charge in [0.2, 0.25) is 0 Å². The summed E-state index contributed by atoms with van der Waals surface area (Å²) in [7, 11) is 0. The number of hydrogen-bond acceptors (Lipinski definition) is 4. The summed E-state index contributed by atoms with van der Waals surface area (Å²) < 4.78 is 19.5. The van der Waals surface area contributed by atoms with E-state index >= 15 is 0 Å². The molecule has 0 amide bonds. The molecule has 1 aliphatic carbocycles. The molecular weight excluding hydrogens is 639 g/mol. The van der Waals surface area contributed by atoms with Gasteiger partial charge >= 0.3 is 0 Å². The maximum atomic E-state index is 6.68. The van der Waals surface area contributed by atoms with Gasteiger partial charge in [0.15, 0.2) is 0 Å². The van der Waals surface area contributed by atoms with Crippen LogP contribution < -0.4 is 19.9 Å². The average molecular weight is 700 g/mol. The maximum absolute atomic E-state index is 6.68. The summed E-state index contributed by atoms with van der Waals surface area (Å²) in [5, 5.41) is 0. The molecule has 2 N–H and O–H groups in total. The summed E-state index contributed by atoms with van der Waals surface area (Å²) in [4.78, 5) is 0.